The van der Waals surface area contributed by atoms with Gasteiger partial charge in [0.15, 0.2) is 0 Å². The van der Waals surface area contributed by atoms with Crippen LogP contribution in [0.5, 0.6) is 0 Å². The van der Waals surface area contributed by atoms with Crippen molar-refractivity contribution >= 4 is 34.2 Å². The van der Waals surface area contributed by atoms with E-state index >= 15 is 0 Å². The molecule has 0 spiro atoms. The minimum Gasteiger partial charge on any atom is -0.335 e. The number of non-ortho nitro benzene ring substituents is 1. The molecule has 2 aliphatic rings. The average molecular weight is 386 g/mol. The topological polar surface area (TPSA) is 63.4 Å². The van der Waals surface area contributed by atoms with Gasteiger partial charge in [0.1, 0.15) is 0 Å². The Kier molecular flexibility index (Phi) is 3.66. The number of hydrogen-bond acceptors (Lipinski definition) is 3. The molecule has 2 aliphatic carbocycles. The zero-order valence-electron chi connectivity index (χ0n) is 10.9. The number of carbonyl (C=O) groups is 1. The fraction of sp³-hybridized carbons (Fsp3) is 0.500. The molecule has 20 heavy (non-hydrogen) atoms. The molecule has 2 saturated carbocycles. The molecule has 2 fully saturated rings. The monoisotopic (exact) mass is 386 g/mol. The third-order valence-electron chi connectivity index (χ3n) is 3.79. The highest BCUT2D eigenvalue weighted by molar-refractivity contribution is 14.1. The number of amides is 1. The molecule has 0 atom stereocenters. The van der Waals surface area contributed by atoms with Gasteiger partial charge < -0.3 is 4.90 Å². The Hall–Kier alpha value is -1.18. The van der Waals surface area contributed by atoms with Crippen molar-refractivity contribution in [2.45, 2.75) is 31.7 Å². The predicted octanol–water partition coefficient (Wildman–Crippen LogP) is 3.21. The van der Waals surface area contributed by atoms with Gasteiger partial charge in [0.05, 0.1) is 10.5 Å². The Morgan fingerprint density at radius 1 is 1.35 bits per heavy atom. The molecule has 106 valence electrons. The molecule has 0 radical (unpaired) electrons. The Morgan fingerprint density at radius 2 is 2.05 bits per heavy atom. The lowest BCUT2D eigenvalue weighted by Gasteiger charge is -2.22. The lowest BCUT2D eigenvalue weighted by molar-refractivity contribution is -0.384. The summed E-state index contributed by atoms with van der Waals surface area (Å²) >= 11 is 2.07. The van der Waals surface area contributed by atoms with E-state index in [2.05, 4.69) is 22.6 Å². The van der Waals surface area contributed by atoms with Crippen LogP contribution in [0.15, 0.2) is 18.2 Å². The first-order chi connectivity index (χ1) is 9.56. The smallest absolute Gasteiger partial charge is 0.270 e. The molecule has 0 aromatic heterocycles. The predicted molar refractivity (Wildman–Crippen MR) is 82.6 cm³/mol. The fourth-order valence-electron chi connectivity index (χ4n) is 2.31. The van der Waals surface area contributed by atoms with E-state index in [4.69, 9.17) is 0 Å². The molecule has 0 aliphatic heterocycles. The van der Waals surface area contributed by atoms with E-state index in [1.165, 1.54) is 25.0 Å². The fourth-order valence-corrected chi connectivity index (χ4v) is 2.87. The third-order valence-corrected chi connectivity index (χ3v) is 4.73. The standard InChI is InChI=1S/C14H15IN2O3/c15-13-6-5-11(17(19)20)7-12(13)14(18)16(10-3-4-10)8-9-1-2-9/h5-7,9-10H,1-4,8H2. The number of benzene rings is 1. The van der Waals surface area contributed by atoms with E-state index < -0.39 is 4.92 Å². The van der Waals surface area contributed by atoms with Crippen LogP contribution in [-0.2, 0) is 0 Å². The summed E-state index contributed by atoms with van der Waals surface area (Å²) in [5.74, 6) is 0.586. The zero-order valence-corrected chi connectivity index (χ0v) is 13.1. The summed E-state index contributed by atoms with van der Waals surface area (Å²) in [4.78, 5) is 25.0. The van der Waals surface area contributed by atoms with E-state index in [9.17, 15) is 14.9 Å². The maximum atomic E-state index is 12.7. The van der Waals surface area contributed by atoms with Gasteiger partial charge in [-0.3, -0.25) is 14.9 Å². The molecule has 1 aromatic carbocycles. The summed E-state index contributed by atoms with van der Waals surface area (Å²) in [5.41, 5.74) is 0.447. The number of nitro benzene ring substituents is 1. The summed E-state index contributed by atoms with van der Waals surface area (Å²) < 4.78 is 0.777. The largest absolute Gasteiger partial charge is 0.335 e. The maximum absolute atomic E-state index is 12.7. The van der Waals surface area contributed by atoms with Gasteiger partial charge in [-0.05, 0) is 60.3 Å². The lowest BCUT2D eigenvalue weighted by Crippen LogP contribution is -2.35. The highest BCUT2D eigenvalue weighted by Crippen LogP contribution is 2.36. The van der Waals surface area contributed by atoms with Crippen molar-refractivity contribution in [3.8, 4) is 0 Å². The molecule has 1 aromatic rings. The van der Waals surface area contributed by atoms with E-state index in [-0.39, 0.29) is 11.6 Å². The second kappa shape index (κ2) is 5.31. The second-order valence-corrected chi connectivity index (χ2v) is 6.72. The van der Waals surface area contributed by atoms with Crippen molar-refractivity contribution in [2.24, 2.45) is 5.92 Å². The molecule has 6 heteroatoms. The van der Waals surface area contributed by atoms with Crippen molar-refractivity contribution in [1.82, 2.24) is 4.90 Å². The third kappa shape index (κ3) is 2.94. The highest BCUT2D eigenvalue weighted by atomic mass is 127. The van der Waals surface area contributed by atoms with Crippen molar-refractivity contribution in [3.05, 3.63) is 37.4 Å². The quantitative estimate of drug-likeness (QED) is 0.444. The van der Waals surface area contributed by atoms with Gasteiger partial charge in [-0.2, -0.15) is 0 Å². The van der Waals surface area contributed by atoms with Crippen LogP contribution in [0.4, 0.5) is 5.69 Å². The number of rotatable bonds is 5. The number of carbonyl (C=O) groups excluding carboxylic acids is 1. The molecule has 0 bridgehead atoms. The molecule has 5 nitrogen and oxygen atoms in total. The maximum Gasteiger partial charge on any atom is 0.270 e. The summed E-state index contributed by atoms with van der Waals surface area (Å²) in [6.07, 6.45) is 4.51. The van der Waals surface area contributed by atoms with Crippen LogP contribution in [0.2, 0.25) is 0 Å². The molecular formula is C14H15IN2O3. The molecule has 3 rings (SSSR count). The first-order valence-corrected chi connectivity index (χ1v) is 7.89. The van der Waals surface area contributed by atoms with Crippen LogP contribution in [0.25, 0.3) is 0 Å². The molecule has 0 unspecified atom stereocenters. The van der Waals surface area contributed by atoms with Crippen molar-refractivity contribution in [2.75, 3.05) is 6.54 Å². The SMILES string of the molecule is O=C(c1cc([N+](=O)[O-])ccc1I)N(CC1CC1)C1CC1. The Morgan fingerprint density at radius 3 is 2.60 bits per heavy atom. The van der Waals surface area contributed by atoms with Gasteiger partial charge in [0.25, 0.3) is 11.6 Å². The molecule has 1 amide bonds. The van der Waals surface area contributed by atoms with Gasteiger partial charge in [-0.1, -0.05) is 0 Å². The van der Waals surface area contributed by atoms with Crippen LogP contribution in [0, 0.1) is 19.6 Å². The number of nitrogens with zero attached hydrogens (tertiary/aromatic N) is 2. The normalized spacial score (nSPS) is 17.9. The first kappa shape index (κ1) is 13.8. The molecule has 0 heterocycles. The van der Waals surface area contributed by atoms with Crippen LogP contribution >= 0.6 is 22.6 Å². The molecular weight excluding hydrogens is 371 g/mol. The average Bonchev–Trinajstić information content (AvgIpc) is 3.27. The van der Waals surface area contributed by atoms with E-state index in [0.717, 1.165) is 23.0 Å². The Labute approximate surface area is 130 Å². The van der Waals surface area contributed by atoms with Gasteiger partial charge in [0.2, 0.25) is 0 Å². The molecule has 0 saturated heterocycles. The van der Waals surface area contributed by atoms with Crippen molar-refractivity contribution in [1.29, 1.82) is 0 Å². The summed E-state index contributed by atoms with van der Waals surface area (Å²) in [7, 11) is 0. The van der Waals surface area contributed by atoms with Crippen LogP contribution in [-0.4, -0.2) is 28.3 Å². The van der Waals surface area contributed by atoms with Gasteiger partial charge in [-0.15, -0.1) is 0 Å². The summed E-state index contributed by atoms with van der Waals surface area (Å²) in [6, 6.07) is 4.85. The van der Waals surface area contributed by atoms with Gasteiger partial charge in [0, 0.05) is 28.3 Å². The number of halogens is 1. The van der Waals surface area contributed by atoms with Gasteiger partial charge >= 0.3 is 0 Å². The first-order valence-electron chi connectivity index (χ1n) is 6.81. The number of nitro groups is 1. The van der Waals surface area contributed by atoms with Gasteiger partial charge in [-0.25, -0.2) is 0 Å². The minimum absolute atomic E-state index is 0.0177. The lowest BCUT2D eigenvalue weighted by atomic mass is 10.1. The van der Waals surface area contributed by atoms with E-state index in [1.54, 1.807) is 6.07 Å². The Balaban J connectivity index is 1.87. The Bertz CT molecular complexity index is 568. The van der Waals surface area contributed by atoms with Crippen LogP contribution in [0.3, 0.4) is 0 Å². The van der Waals surface area contributed by atoms with Crippen LogP contribution < -0.4 is 0 Å². The summed E-state index contributed by atoms with van der Waals surface area (Å²) in [5, 5.41) is 10.9. The molecule has 0 N–H and O–H groups in total. The number of hydrogen-bond donors (Lipinski definition) is 0. The van der Waals surface area contributed by atoms with Crippen molar-refractivity contribution in [3.63, 3.8) is 0 Å². The van der Waals surface area contributed by atoms with E-state index in [0.29, 0.717) is 17.5 Å². The van der Waals surface area contributed by atoms with Crippen LogP contribution in [0.1, 0.15) is 36.0 Å². The van der Waals surface area contributed by atoms with E-state index in [1.807, 2.05) is 4.90 Å². The second-order valence-electron chi connectivity index (χ2n) is 5.55. The van der Waals surface area contributed by atoms with Crippen molar-refractivity contribution < 1.29 is 9.72 Å². The zero-order chi connectivity index (χ0) is 14.3. The highest BCUT2D eigenvalue weighted by Gasteiger charge is 2.37. The minimum atomic E-state index is -0.449. The summed E-state index contributed by atoms with van der Waals surface area (Å²) in [6.45, 7) is 0.808.